The molecule has 2 aliphatic heterocycles. The fourth-order valence-electron chi connectivity index (χ4n) is 4.73. The van der Waals surface area contributed by atoms with Gasteiger partial charge in [0.15, 0.2) is 11.6 Å². The number of aliphatic hydroxyl groups is 1. The average Bonchev–Trinajstić information content (AvgIpc) is 3.27. The summed E-state index contributed by atoms with van der Waals surface area (Å²) in [6.07, 6.45) is 0.665. The van der Waals surface area contributed by atoms with E-state index in [1.807, 2.05) is 0 Å². The summed E-state index contributed by atoms with van der Waals surface area (Å²) in [5.41, 5.74) is 2.60. The second kappa shape index (κ2) is 11.3. The highest BCUT2D eigenvalue weighted by Gasteiger charge is 2.27. The molecule has 2 saturated heterocycles. The van der Waals surface area contributed by atoms with Gasteiger partial charge in [0.2, 0.25) is 5.88 Å². The Morgan fingerprint density at radius 1 is 1.11 bits per heavy atom. The first-order chi connectivity index (χ1) is 18.4. The molecule has 1 amide bonds. The molecule has 0 aromatic carbocycles. The third kappa shape index (κ3) is 5.23. The van der Waals surface area contributed by atoms with Crippen molar-refractivity contribution in [1.82, 2.24) is 29.7 Å². The summed E-state index contributed by atoms with van der Waals surface area (Å²) in [6.45, 7) is 9.86. The number of aromatic nitrogens is 4. The third-order valence-corrected chi connectivity index (χ3v) is 8.18. The van der Waals surface area contributed by atoms with Crippen molar-refractivity contribution in [3.05, 3.63) is 16.6 Å². The number of nitrogens with zero attached hydrogens (tertiary/aromatic N) is 7. The number of hydrogen-bond acceptors (Lipinski definition) is 12. The lowest BCUT2D eigenvalue weighted by Crippen LogP contribution is -2.50. The molecule has 1 unspecified atom stereocenters. The molecule has 0 saturated carbocycles. The van der Waals surface area contributed by atoms with E-state index in [9.17, 15) is 9.90 Å². The normalized spacial score (nSPS) is 17.6. The number of hydrogen-bond donors (Lipinski definition) is 1. The van der Waals surface area contributed by atoms with Gasteiger partial charge in [0.1, 0.15) is 11.7 Å². The lowest BCUT2D eigenvalue weighted by Gasteiger charge is -2.35. The molecule has 0 spiro atoms. The van der Waals surface area contributed by atoms with E-state index in [1.165, 1.54) is 18.9 Å². The second-order valence-electron chi connectivity index (χ2n) is 9.36. The molecule has 2 fully saturated rings. The van der Waals surface area contributed by atoms with E-state index < -0.39 is 6.10 Å². The summed E-state index contributed by atoms with van der Waals surface area (Å²) in [6, 6.07) is 0.212. The molecule has 0 aliphatic carbocycles. The van der Waals surface area contributed by atoms with E-state index in [-0.39, 0.29) is 11.9 Å². The van der Waals surface area contributed by atoms with Crippen LogP contribution in [0.4, 0.5) is 5.82 Å². The van der Waals surface area contributed by atoms with E-state index in [1.54, 1.807) is 29.5 Å². The Morgan fingerprint density at radius 2 is 1.84 bits per heavy atom. The van der Waals surface area contributed by atoms with Crippen LogP contribution in [0.2, 0.25) is 0 Å². The van der Waals surface area contributed by atoms with Crippen molar-refractivity contribution < 1.29 is 24.1 Å². The first kappa shape index (κ1) is 26.5. The van der Waals surface area contributed by atoms with E-state index in [2.05, 4.69) is 26.7 Å². The summed E-state index contributed by atoms with van der Waals surface area (Å²) in [4.78, 5) is 38.3. The van der Waals surface area contributed by atoms with Crippen LogP contribution in [0.25, 0.3) is 21.6 Å². The number of carbonyl (C=O) groups is 1. The van der Waals surface area contributed by atoms with E-state index >= 15 is 0 Å². The number of amides is 1. The topological polar surface area (TPSA) is 126 Å². The maximum Gasteiger partial charge on any atom is 0.319 e. The predicted octanol–water partition coefficient (Wildman–Crippen LogP) is 1.34. The minimum atomic E-state index is -0.965. The lowest BCUT2D eigenvalue weighted by atomic mass is 10.2. The molecule has 12 nitrogen and oxygen atoms in total. The molecule has 3 aromatic rings. The summed E-state index contributed by atoms with van der Waals surface area (Å²) in [7, 11) is 3.06. The Kier molecular flexibility index (Phi) is 7.88. The highest BCUT2D eigenvalue weighted by Crippen LogP contribution is 2.39. The van der Waals surface area contributed by atoms with Crippen molar-refractivity contribution in [1.29, 1.82) is 0 Å². The molecule has 0 bridgehead atoms. The summed E-state index contributed by atoms with van der Waals surface area (Å²) >= 11 is 1.72. The zero-order valence-corrected chi connectivity index (χ0v) is 23.0. The van der Waals surface area contributed by atoms with Gasteiger partial charge in [0.05, 0.1) is 37.6 Å². The van der Waals surface area contributed by atoms with Crippen LogP contribution in [0.15, 0.2) is 6.20 Å². The standard InChI is InChI=1S/C25H33N7O5S/c1-15-18(14-30-5-7-32(8-6-30)24(34)16(2)33)38-20-19(15)27-21(28-22(20)31-9-11-37-12-10-31)17-13-26-25(36-4)29-23(17)35-3/h13,16,33H,5-12,14H2,1-4H3. The molecule has 1 atom stereocenters. The fourth-order valence-corrected chi connectivity index (χ4v) is 6.04. The van der Waals surface area contributed by atoms with E-state index in [0.717, 1.165) is 54.3 Å². The quantitative estimate of drug-likeness (QED) is 0.464. The molecule has 204 valence electrons. The van der Waals surface area contributed by atoms with Crippen LogP contribution in [0, 0.1) is 6.92 Å². The zero-order valence-electron chi connectivity index (χ0n) is 22.1. The second-order valence-corrected chi connectivity index (χ2v) is 10.5. The van der Waals surface area contributed by atoms with Crippen LogP contribution in [-0.4, -0.2) is 114 Å². The van der Waals surface area contributed by atoms with Crippen LogP contribution in [0.1, 0.15) is 17.4 Å². The van der Waals surface area contributed by atoms with Gasteiger partial charge >= 0.3 is 6.01 Å². The van der Waals surface area contributed by atoms with Crippen LogP contribution >= 0.6 is 11.3 Å². The monoisotopic (exact) mass is 543 g/mol. The number of morpholine rings is 1. The van der Waals surface area contributed by atoms with Gasteiger partial charge in [-0.15, -0.1) is 11.3 Å². The van der Waals surface area contributed by atoms with Gasteiger partial charge in [0.25, 0.3) is 5.91 Å². The van der Waals surface area contributed by atoms with Crippen LogP contribution < -0.4 is 14.4 Å². The zero-order chi connectivity index (χ0) is 26.8. The first-order valence-electron chi connectivity index (χ1n) is 12.7. The molecule has 1 N–H and O–H groups in total. The molecule has 38 heavy (non-hydrogen) atoms. The maximum absolute atomic E-state index is 12.2. The van der Waals surface area contributed by atoms with Crippen molar-refractivity contribution in [2.45, 2.75) is 26.5 Å². The molecule has 2 aliphatic rings. The molecular weight excluding hydrogens is 510 g/mol. The largest absolute Gasteiger partial charge is 0.480 e. The molecule has 5 heterocycles. The SMILES string of the molecule is COc1ncc(-c2nc(N3CCOCC3)c3sc(CN4CCN(C(=O)C(C)O)CC4)c(C)c3n2)c(OC)n1. The molecule has 3 aromatic heterocycles. The summed E-state index contributed by atoms with van der Waals surface area (Å²) in [5.74, 6) is 1.51. The Hall–Kier alpha value is -3.13. The number of fused-ring (bicyclic) bond motifs is 1. The number of piperazine rings is 1. The predicted molar refractivity (Wildman–Crippen MR) is 143 cm³/mol. The highest BCUT2D eigenvalue weighted by atomic mass is 32.1. The Bertz CT molecular complexity index is 1300. The Labute approximate surface area is 225 Å². The van der Waals surface area contributed by atoms with Crippen molar-refractivity contribution in [2.75, 3.05) is 71.6 Å². The number of methoxy groups -OCH3 is 2. The Morgan fingerprint density at radius 3 is 2.50 bits per heavy atom. The van der Waals surface area contributed by atoms with E-state index in [4.69, 9.17) is 24.2 Å². The van der Waals surface area contributed by atoms with Crippen molar-refractivity contribution >= 4 is 33.3 Å². The first-order valence-corrected chi connectivity index (χ1v) is 13.5. The number of rotatable bonds is 7. The van der Waals surface area contributed by atoms with Crippen molar-refractivity contribution in [3.63, 3.8) is 0 Å². The minimum absolute atomic E-state index is 0.210. The number of anilines is 1. The number of aliphatic hydroxyl groups excluding tert-OH is 1. The molecule has 13 heteroatoms. The van der Waals surface area contributed by atoms with Gasteiger partial charge in [-0.25, -0.2) is 15.0 Å². The lowest BCUT2D eigenvalue weighted by molar-refractivity contribution is -0.141. The Balaban J connectivity index is 1.50. The van der Waals surface area contributed by atoms with Gasteiger partial charge in [-0.1, -0.05) is 0 Å². The molecular formula is C25H33N7O5S. The number of ether oxygens (including phenoxy) is 3. The van der Waals surface area contributed by atoms with Gasteiger partial charge in [-0.2, -0.15) is 4.98 Å². The fraction of sp³-hybridized carbons (Fsp3) is 0.560. The van der Waals surface area contributed by atoms with Gasteiger partial charge in [-0.3, -0.25) is 9.69 Å². The number of thiophene rings is 1. The van der Waals surface area contributed by atoms with Crippen LogP contribution in [-0.2, 0) is 16.1 Å². The average molecular weight is 544 g/mol. The van der Waals surface area contributed by atoms with Gasteiger partial charge in [0, 0.05) is 56.9 Å². The highest BCUT2D eigenvalue weighted by molar-refractivity contribution is 7.19. The minimum Gasteiger partial charge on any atom is -0.480 e. The number of aryl methyl sites for hydroxylation is 1. The maximum atomic E-state index is 12.2. The van der Waals surface area contributed by atoms with Crippen LogP contribution in [0.5, 0.6) is 11.9 Å². The smallest absolute Gasteiger partial charge is 0.319 e. The molecule has 5 rings (SSSR count). The van der Waals surface area contributed by atoms with Crippen molar-refractivity contribution in [3.8, 4) is 23.3 Å². The summed E-state index contributed by atoms with van der Waals surface area (Å²) < 4.78 is 17.3. The number of carbonyl (C=O) groups excluding carboxylic acids is 1. The third-order valence-electron chi connectivity index (χ3n) is 6.91. The van der Waals surface area contributed by atoms with Crippen LogP contribution in [0.3, 0.4) is 0 Å². The van der Waals surface area contributed by atoms with Gasteiger partial charge < -0.3 is 29.1 Å². The molecule has 0 radical (unpaired) electrons. The van der Waals surface area contributed by atoms with Crippen molar-refractivity contribution in [2.24, 2.45) is 0 Å². The van der Waals surface area contributed by atoms with Gasteiger partial charge in [-0.05, 0) is 19.4 Å². The van der Waals surface area contributed by atoms with E-state index in [0.29, 0.717) is 43.6 Å². The summed E-state index contributed by atoms with van der Waals surface area (Å²) in [5, 5.41) is 9.64.